The number of aryl methyl sites for hydroxylation is 2. The number of likely N-dealkylation sites (N-methyl/N-ethyl adjacent to an activating group) is 1. The van der Waals surface area contributed by atoms with Gasteiger partial charge in [-0.25, -0.2) is 0 Å². The number of nitrogens with zero attached hydrogens (tertiary/aromatic N) is 1. The summed E-state index contributed by atoms with van der Waals surface area (Å²) >= 11 is 0. The normalized spacial score (nSPS) is 19.2. The Morgan fingerprint density at radius 1 is 1.47 bits per heavy atom. The molecule has 0 saturated carbocycles. The number of ether oxygens (including phenoxy) is 1. The zero-order valence-corrected chi connectivity index (χ0v) is 11.9. The van der Waals surface area contributed by atoms with E-state index in [0.29, 0.717) is 19.7 Å². The van der Waals surface area contributed by atoms with Crippen LogP contribution in [0.4, 0.5) is 0 Å². The zero-order chi connectivity index (χ0) is 13.8. The predicted octanol–water partition coefficient (Wildman–Crippen LogP) is 1.25. The highest BCUT2D eigenvalue weighted by Gasteiger charge is 2.24. The molecule has 1 amide bonds. The summed E-state index contributed by atoms with van der Waals surface area (Å²) in [6.07, 6.45) is -0.344. The number of hydrogen-bond acceptors (Lipinski definition) is 3. The molecule has 1 heterocycles. The van der Waals surface area contributed by atoms with Crippen LogP contribution in [0.2, 0.25) is 0 Å². The van der Waals surface area contributed by atoms with Gasteiger partial charge in [-0.2, -0.15) is 0 Å². The van der Waals surface area contributed by atoms with Crippen molar-refractivity contribution in [1.82, 2.24) is 10.2 Å². The quantitative estimate of drug-likeness (QED) is 0.891. The number of nitrogens with one attached hydrogen (secondary N) is 1. The number of amides is 1. The van der Waals surface area contributed by atoms with Gasteiger partial charge in [0, 0.05) is 26.7 Å². The van der Waals surface area contributed by atoms with Crippen molar-refractivity contribution < 1.29 is 9.53 Å². The maximum absolute atomic E-state index is 12.3. The van der Waals surface area contributed by atoms with Crippen molar-refractivity contribution in [3.63, 3.8) is 0 Å². The highest BCUT2D eigenvalue weighted by atomic mass is 16.5. The van der Waals surface area contributed by atoms with Crippen LogP contribution < -0.4 is 5.32 Å². The van der Waals surface area contributed by atoms with Gasteiger partial charge in [-0.15, -0.1) is 0 Å². The van der Waals surface area contributed by atoms with E-state index in [0.717, 1.165) is 6.54 Å². The Balaban J connectivity index is 2.01. The summed E-state index contributed by atoms with van der Waals surface area (Å²) in [7, 11) is 1.84. The third-order valence-electron chi connectivity index (χ3n) is 3.49. The van der Waals surface area contributed by atoms with Crippen molar-refractivity contribution >= 4 is 5.91 Å². The van der Waals surface area contributed by atoms with E-state index in [1.54, 1.807) is 4.90 Å². The third kappa shape index (κ3) is 3.55. The van der Waals surface area contributed by atoms with Crippen LogP contribution in [-0.2, 0) is 16.1 Å². The molecule has 1 saturated heterocycles. The molecular formula is C15H22N2O2. The zero-order valence-electron chi connectivity index (χ0n) is 11.9. The van der Waals surface area contributed by atoms with Gasteiger partial charge in [-0.3, -0.25) is 4.79 Å². The molecule has 2 rings (SSSR count). The van der Waals surface area contributed by atoms with Gasteiger partial charge in [-0.1, -0.05) is 23.8 Å². The van der Waals surface area contributed by atoms with Gasteiger partial charge in [0.15, 0.2) is 0 Å². The lowest BCUT2D eigenvalue weighted by molar-refractivity contribution is -0.144. The fourth-order valence-corrected chi connectivity index (χ4v) is 2.27. The fourth-order valence-electron chi connectivity index (χ4n) is 2.27. The SMILES string of the molecule is Cc1ccc(C)c(CN(C)C(=O)C2CNCCO2)c1. The van der Waals surface area contributed by atoms with Crippen LogP contribution in [0.25, 0.3) is 0 Å². The summed E-state index contributed by atoms with van der Waals surface area (Å²) in [5, 5.41) is 3.18. The maximum atomic E-state index is 12.3. The molecule has 1 fully saturated rings. The number of carbonyl (C=O) groups excluding carboxylic acids is 1. The molecule has 1 aliphatic rings. The van der Waals surface area contributed by atoms with E-state index in [4.69, 9.17) is 4.74 Å². The molecule has 104 valence electrons. The first-order chi connectivity index (χ1) is 9.08. The van der Waals surface area contributed by atoms with Crippen molar-refractivity contribution in [1.29, 1.82) is 0 Å². The van der Waals surface area contributed by atoms with E-state index in [2.05, 4.69) is 37.4 Å². The molecule has 0 spiro atoms. The van der Waals surface area contributed by atoms with E-state index >= 15 is 0 Å². The number of carbonyl (C=O) groups is 1. The molecule has 0 bridgehead atoms. The molecule has 1 N–H and O–H groups in total. The number of benzene rings is 1. The molecule has 4 heteroatoms. The van der Waals surface area contributed by atoms with E-state index in [9.17, 15) is 4.79 Å². The van der Waals surface area contributed by atoms with Crippen molar-refractivity contribution in [3.05, 3.63) is 34.9 Å². The Bertz CT molecular complexity index is 453. The van der Waals surface area contributed by atoms with Gasteiger partial charge in [0.25, 0.3) is 5.91 Å². The second-order valence-electron chi connectivity index (χ2n) is 5.19. The minimum absolute atomic E-state index is 0.0492. The number of morpholine rings is 1. The summed E-state index contributed by atoms with van der Waals surface area (Å²) in [6.45, 7) is 6.81. The van der Waals surface area contributed by atoms with E-state index in [-0.39, 0.29) is 12.0 Å². The Kier molecular flexibility index (Phi) is 4.56. The maximum Gasteiger partial charge on any atom is 0.253 e. The minimum atomic E-state index is -0.344. The molecule has 0 aromatic heterocycles. The Morgan fingerprint density at radius 2 is 2.26 bits per heavy atom. The van der Waals surface area contributed by atoms with Crippen molar-refractivity contribution in [2.24, 2.45) is 0 Å². The number of rotatable bonds is 3. The molecule has 0 radical (unpaired) electrons. The lowest BCUT2D eigenvalue weighted by Gasteiger charge is -2.27. The van der Waals surface area contributed by atoms with Gasteiger partial charge in [0.1, 0.15) is 6.10 Å². The van der Waals surface area contributed by atoms with Crippen LogP contribution >= 0.6 is 0 Å². The average molecular weight is 262 g/mol. The highest BCUT2D eigenvalue weighted by Crippen LogP contribution is 2.13. The molecule has 0 aliphatic carbocycles. The molecule has 19 heavy (non-hydrogen) atoms. The van der Waals surface area contributed by atoms with Gasteiger partial charge in [-0.05, 0) is 25.0 Å². The van der Waals surface area contributed by atoms with Gasteiger partial charge >= 0.3 is 0 Å². The van der Waals surface area contributed by atoms with Crippen LogP contribution in [0, 0.1) is 13.8 Å². The summed E-state index contributed by atoms with van der Waals surface area (Å²) < 4.78 is 5.50. The number of hydrogen-bond donors (Lipinski definition) is 1. The van der Waals surface area contributed by atoms with E-state index in [1.807, 2.05) is 7.05 Å². The van der Waals surface area contributed by atoms with Gasteiger partial charge < -0.3 is 15.0 Å². The lowest BCUT2D eigenvalue weighted by Crippen LogP contribution is -2.48. The summed E-state index contributed by atoms with van der Waals surface area (Å²) in [5.41, 5.74) is 3.63. The highest BCUT2D eigenvalue weighted by molar-refractivity contribution is 5.81. The second-order valence-corrected chi connectivity index (χ2v) is 5.19. The summed E-state index contributed by atoms with van der Waals surface area (Å²) in [4.78, 5) is 14.0. The first-order valence-electron chi connectivity index (χ1n) is 6.71. The largest absolute Gasteiger partial charge is 0.366 e. The van der Waals surface area contributed by atoms with Gasteiger partial charge in [0.2, 0.25) is 0 Å². The van der Waals surface area contributed by atoms with Crippen molar-refractivity contribution in [3.8, 4) is 0 Å². The monoisotopic (exact) mass is 262 g/mol. The lowest BCUT2D eigenvalue weighted by atomic mass is 10.1. The summed E-state index contributed by atoms with van der Waals surface area (Å²) in [6, 6.07) is 6.33. The van der Waals surface area contributed by atoms with Crippen molar-refractivity contribution in [2.75, 3.05) is 26.7 Å². The minimum Gasteiger partial charge on any atom is -0.366 e. The second kappa shape index (κ2) is 6.17. The molecule has 1 aromatic rings. The van der Waals surface area contributed by atoms with E-state index < -0.39 is 0 Å². The molecule has 1 atom stereocenters. The molecule has 1 unspecified atom stereocenters. The fraction of sp³-hybridized carbons (Fsp3) is 0.533. The summed E-state index contributed by atoms with van der Waals surface area (Å²) in [5.74, 6) is 0.0492. The topological polar surface area (TPSA) is 41.6 Å². The van der Waals surface area contributed by atoms with Crippen LogP contribution in [0.1, 0.15) is 16.7 Å². The Morgan fingerprint density at radius 3 is 2.95 bits per heavy atom. The van der Waals surface area contributed by atoms with Crippen LogP contribution in [0.5, 0.6) is 0 Å². The van der Waals surface area contributed by atoms with Crippen LogP contribution in [0.3, 0.4) is 0 Å². The van der Waals surface area contributed by atoms with Crippen LogP contribution in [-0.4, -0.2) is 43.7 Å². The van der Waals surface area contributed by atoms with E-state index in [1.165, 1.54) is 16.7 Å². The average Bonchev–Trinajstić information content (AvgIpc) is 2.43. The van der Waals surface area contributed by atoms with Gasteiger partial charge in [0.05, 0.1) is 6.61 Å². The standard InChI is InChI=1S/C15H22N2O2/c1-11-4-5-12(2)13(8-11)10-17(3)15(18)14-9-16-6-7-19-14/h4-5,8,14,16H,6-7,9-10H2,1-3H3. The van der Waals surface area contributed by atoms with Crippen molar-refractivity contribution in [2.45, 2.75) is 26.5 Å². The molecule has 1 aromatic carbocycles. The molecular weight excluding hydrogens is 240 g/mol. The Labute approximate surface area is 114 Å². The molecule has 1 aliphatic heterocycles. The Hall–Kier alpha value is -1.39. The first-order valence-corrected chi connectivity index (χ1v) is 6.71. The third-order valence-corrected chi connectivity index (χ3v) is 3.49. The van der Waals surface area contributed by atoms with Crippen LogP contribution in [0.15, 0.2) is 18.2 Å². The predicted molar refractivity (Wildman–Crippen MR) is 75.0 cm³/mol. The molecule has 4 nitrogen and oxygen atoms in total. The smallest absolute Gasteiger partial charge is 0.253 e. The first kappa shape index (κ1) is 14.0.